The van der Waals surface area contributed by atoms with Gasteiger partial charge in [0.05, 0.1) is 7.11 Å². The van der Waals surface area contributed by atoms with E-state index < -0.39 is 29.5 Å². The van der Waals surface area contributed by atoms with Gasteiger partial charge in [0, 0.05) is 17.5 Å². The zero-order valence-corrected chi connectivity index (χ0v) is 13.3. The quantitative estimate of drug-likeness (QED) is 0.769. The lowest BCUT2D eigenvalue weighted by Crippen LogP contribution is -2.57. The van der Waals surface area contributed by atoms with Gasteiger partial charge >= 0.3 is 12.1 Å². The normalized spacial score (nSPS) is 16.4. The lowest BCUT2D eigenvalue weighted by atomic mass is 9.79. The van der Waals surface area contributed by atoms with Gasteiger partial charge in [-0.1, -0.05) is 19.9 Å². The van der Waals surface area contributed by atoms with Crippen LogP contribution in [0.25, 0.3) is 5.57 Å². The summed E-state index contributed by atoms with van der Waals surface area (Å²) < 4.78 is 57.9. The van der Waals surface area contributed by atoms with Crippen LogP contribution in [0.5, 0.6) is 5.75 Å². The summed E-state index contributed by atoms with van der Waals surface area (Å²) in [6.45, 7) is 2.59. The second kappa shape index (κ2) is 7.21. The third-order valence-corrected chi connectivity index (χ3v) is 3.75. The molecule has 0 fully saturated rings. The molecule has 0 saturated heterocycles. The third-order valence-electron chi connectivity index (χ3n) is 3.75. The van der Waals surface area contributed by atoms with Crippen molar-refractivity contribution in [1.82, 2.24) is 0 Å². The molecule has 0 aliphatic heterocycles. The molecule has 0 aliphatic carbocycles. The number of carboxylic acid groups (broad SMARTS) is 1. The topological polar surface area (TPSA) is 66.8 Å². The molecule has 134 valence electrons. The van der Waals surface area contributed by atoms with E-state index in [4.69, 9.17) is 9.84 Å². The zero-order valence-electron chi connectivity index (χ0n) is 13.3. The first-order valence-corrected chi connectivity index (χ1v) is 7.07. The molecule has 0 aliphatic rings. The highest BCUT2D eigenvalue weighted by Gasteiger charge is 2.64. The molecule has 2 atom stereocenters. The molecule has 8 heteroatoms. The molecule has 24 heavy (non-hydrogen) atoms. The van der Waals surface area contributed by atoms with Gasteiger partial charge in [-0.15, -0.1) is 0 Å². The summed E-state index contributed by atoms with van der Waals surface area (Å²) in [7, 11) is 1.21. The van der Waals surface area contributed by atoms with E-state index in [9.17, 15) is 27.5 Å². The number of allylic oxidation sites excluding steroid dienone is 1. The number of rotatable bonds is 6. The van der Waals surface area contributed by atoms with E-state index in [-0.39, 0.29) is 23.3 Å². The average Bonchev–Trinajstić information content (AvgIpc) is 2.50. The van der Waals surface area contributed by atoms with Crippen molar-refractivity contribution in [2.45, 2.75) is 32.0 Å². The van der Waals surface area contributed by atoms with E-state index in [0.29, 0.717) is 0 Å². The Kier molecular flexibility index (Phi) is 5.99. The Hall–Kier alpha value is -2.09. The summed E-state index contributed by atoms with van der Waals surface area (Å²) in [6.07, 6.45) is -3.79. The summed E-state index contributed by atoms with van der Waals surface area (Å²) in [6, 6.07) is 3.17. The Morgan fingerprint density at radius 2 is 1.96 bits per heavy atom. The van der Waals surface area contributed by atoms with Gasteiger partial charge in [0.1, 0.15) is 11.6 Å². The minimum atomic E-state index is -5.40. The van der Waals surface area contributed by atoms with Crippen LogP contribution in [-0.4, -0.2) is 35.1 Å². The van der Waals surface area contributed by atoms with Crippen molar-refractivity contribution < 1.29 is 37.3 Å². The fourth-order valence-corrected chi connectivity index (χ4v) is 2.42. The maximum absolute atomic E-state index is 13.3. The number of benzene rings is 1. The lowest BCUT2D eigenvalue weighted by Gasteiger charge is -2.33. The van der Waals surface area contributed by atoms with E-state index in [2.05, 4.69) is 0 Å². The van der Waals surface area contributed by atoms with Crippen molar-refractivity contribution in [3.05, 3.63) is 35.7 Å². The molecular formula is C16H18F4O4. The van der Waals surface area contributed by atoms with E-state index in [1.807, 2.05) is 0 Å². The first kappa shape index (κ1) is 20.0. The van der Waals surface area contributed by atoms with Crippen LogP contribution in [0.3, 0.4) is 0 Å². The number of aliphatic carboxylic acids is 1. The van der Waals surface area contributed by atoms with Crippen LogP contribution in [-0.2, 0) is 4.79 Å². The minimum Gasteiger partial charge on any atom is -0.496 e. The van der Waals surface area contributed by atoms with Gasteiger partial charge in [-0.2, -0.15) is 13.2 Å². The second-order valence-electron chi connectivity index (χ2n) is 5.20. The predicted molar refractivity (Wildman–Crippen MR) is 79.0 cm³/mol. The Morgan fingerprint density at radius 3 is 2.38 bits per heavy atom. The molecule has 0 heterocycles. The summed E-state index contributed by atoms with van der Waals surface area (Å²) in [5, 5.41) is 18.9. The van der Waals surface area contributed by atoms with Crippen LogP contribution in [0.1, 0.15) is 25.8 Å². The maximum Gasteiger partial charge on any atom is 0.428 e. The smallest absolute Gasteiger partial charge is 0.428 e. The van der Waals surface area contributed by atoms with Crippen LogP contribution in [0.15, 0.2) is 24.3 Å². The number of carboxylic acids is 1. The molecule has 4 nitrogen and oxygen atoms in total. The highest BCUT2D eigenvalue weighted by atomic mass is 19.4. The largest absolute Gasteiger partial charge is 0.496 e. The highest BCUT2D eigenvalue weighted by molar-refractivity contribution is 5.84. The SMILES string of the molecule is CCC=C(c1ccc(F)cc1OC)C(C)C(O)(C(=O)O)C(F)(F)F. The van der Waals surface area contributed by atoms with Gasteiger partial charge in [0.2, 0.25) is 0 Å². The molecule has 0 spiro atoms. The van der Waals surface area contributed by atoms with Crippen molar-refractivity contribution in [2.75, 3.05) is 7.11 Å². The standard InChI is InChI=1S/C16H18F4O4/c1-4-5-11(12-7-6-10(17)8-13(12)24-3)9(2)15(23,14(21)22)16(18,19)20/h5-9,23H,4H2,1-3H3,(H,21,22). The summed E-state index contributed by atoms with van der Waals surface area (Å²) in [5.41, 5.74) is -4.01. The number of aliphatic hydroxyl groups is 1. The van der Waals surface area contributed by atoms with Crippen molar-refractivity contribution in [3.63, 3.8) is 0 Å². The van der Waals surface area contributed by atoms with Gasteiger partial charge in [0.25, 0.3) is 5.60 Å². The number of ether oxygens (including phenoxy) is 1. The van der Waals surface area contributed by atoms with E-state index >= 15 is 0 Å². The number of methoxy groups -OCH3 is 1. The van der Waals surface area contributed by atoms with Crippen LogP contribution in [0.2, 0.25) is 0 Å². The summed E-state index contributed by atoms with van der Waals surface area (Å²) >= 11 is 0. The molecule has 0 bridgehead atoms. The van der Waals surface area contributed by atoms with Crippen LogP contribution in [0, 0.1) is 11.7 Å². The van der Waals surface area contributed by atoms with E-state index in [1.165, 1.54) is 19.3 Å². The zero-order chi connectivity index (χ0) is 18.7. The van der Waals surface area contributed by atoms with Crippen molar-refractivity contribution in [2.24, 2.45) is 5.92 Å². The van der Waals surface area contributed by atoms with Crippen molar-refractivity contribution in [3.8, 4) is 5.75 Å². The molecule has 0 radical (unpaired) electrons. The van der Waals surface area contributed by atoms with E-state index in [1.54, 1.807) is 6.92 Å². The predicted octanol–water partition coefficient (Wildman–Crippen LogP) is 3.64. The van der Waals surface area contributed by atoms with Crippen molar-refractivity contribution in [1.29, 1.82) is 0 Å². The van der Waals surface area contributed by atoms with Crippen molar-refractivity contribution >= 4 is 11.5 Å². The van der Waals surface area contributed by atoms with Crippen LogP contribution in [0.4, 0.5) is 17.6 Å². The summed E-state index contributed by atoms with van der Waals surface area (Å²) in [5.74, 6) is -4.99. The molecule has 0 saturated carbocycles. The second-order valence-corrected chi connectivity index (χ2v) is 5.20. The van der Waals surface area contributed by atoms with Gasteiger partial charge in [-0.05, 0) is 24.1 Å². The number of hydrogen-bond acceptors (Lipinski definition) is 3. The van der Waals surface area contributed by atoms with Crippen LogP contribution >= 0.6 is 0 Å². The number of halogens is 4. The fourth-order valence-electron chi connectivity index (χ4n) is 2.42. The van der Waals surface area contributed by atoms with E-state index in [0.717, 1.165) is 19.1 Å². The molecular weight excluding hydrogens is 332 g/mol. The molecule has 1 rings (SSSR count). The molecule has 1 aromatic rings. The average molecular weight is 350 g/mol. The van der Waals surface area contributed by atoms with Gasteiger partial charge in [-0.25, -0.2) is 9.18 Å². The van der Waals surface area contributed by atoms with Gasteiger partial charge in [0.15, 0.2) is 0 Å². The van der Waals surface area contributed by atoms with Gasteiger partial charge < -0.3 is 14.9 Å². The molecule has 2 N–H and O–H groups in total. The molecule has 1 aromatic carbocycles. The first-order chi connectivity index (χ1) is 11.0. The Morgan fingerprint density at radius 1 is 1.38 bits per heavy atom. The number of carbonyl (C=O) groups is 1. The highest BCUT2D eigenvalue weighted by Crippen LogP contribution is 2.44. The summed E-state index contributed by atoms with van der Waals surface area (Å²) in [4.78, 5) is 11.2. The van der Waals surface area contributed by atoms with Gasteiger partial charge in [-0.3, -0.25) is 0 Å². The monoisotopic (exact) mass is 350 g/mol. The molecule has 0 aromatic heterocycles. The third kappa shape index (κ3) is 3.53. The Balaban J connectivity index is 3.57. The number of alkyl halides is 3. The maximum atomic E-state index is 13.3. The minimum absolute atomic E-state index is 0.0588. The lowest BCUT2D eigenvalue weighted by molar-refractivity contribution is -0.269. The molecule has 0 amide bonds. The number of hydrogen-bond donors (Lipinski definition) is 2. The molecule has 2 unspecified atom stereocenters. The first-order valence-electron chi connectivity index (χ1n) is 7.07. The van der Waals surface area contributed by atoms with Crippen LogP contribution < -0.4 is 4.74 Å². The fraction of sp³-hybridized carbons (Fsp3) is 0.438. The Labute approximate surface area is 136 Å². The Bertz CT molecular complexity index is 639.